The quantitative estimate of drug-likeness (QED) is 0.888. The predicted octanol–water partition coefficient (Wildman–Crippen LogP) is 3.31. The number of carbonyl (C=O) groups excluding carboxylic acids is 1. The van der Waals surface area contributed by atoms with Crippen LogP contribution in [0.5, 0.6) is 0 Å². The van der Waals surface area contributed by atoms with Gasteiger partial charge in [-0.15, -0.1) is 0 Å². The number of ether oxygens (including phenoxy) is 1. The van der Waals surface area contributed by atoms with Crippen molar-refractivity contribution in [2.24, 2.45) is 0 Å². The molecule has 0 aromatic heterocycles. The second-order valence-corrected chi connectivity index (χ2v) is 5.11. The Balaban J connectivity index is 1.88. The Kier molecular flexibility index (Phi) is 5.65. The number of rotatable bonds is 5. The molecule has 0 radical (unpaired) electrons. The molecule has 0 aliphatic rings. The highest BCUT2D eigenvalue weighted by Crippen LogP contribution is 2.19. The van der Waals surface area contributed by atoms with E-state index in [1.54, 1.807) is 0 Å². The van der Waals surface area contributed by atoms with E-state index in [4.69, 9.17) is 4.74 Å². The highest BCUT2D eigenvalue weighted by Gasteiger charge is 2.20. The van der Waals surface area contributed by atoms with Crippen LogP contribution in [0.4, 0.5) is 13.6 Å². The van der Waals surface area contributed by atoms with Gasteiger partial charge in [-0.05, 0) is 30.2 Å². The highest BCUT2D eigenvalue weighted by atomic mass is 19.2. The maximum atomic E-state index is 13.2. The lowest BCUT2D eigenvalue weighted by molar-refractivity contribution is 0.106. The van der Waals surface area contributed by atoms with Crippen LogP contribution in [0.2, 0.25) is 0 Å². The van der Waals surface area contributed by atoms with Crippen LogP contribution in [-0.2, 0) is 11.3 Å². The zero-order chi connectivity index (χ0) is 16.8. The van der Waals surface area contributed by atoms with Gasteiger partial charge in [0.25, 0.3) is 0 Å². The van der Waals surface area contributed by atoms with Gasteiger partial charge in [0, 0.05) is 0 Å². The second kappa shape index (κ2) is 7.69. The van der Waals surface area contributed by atoms with Crippen LogP contribution in [0.25, 0.3) is 0 Å². The van der Waals surface area contributed by atoms with Crippen molar-refractivity contribution in [1.29, 1.82) is 0 Å². The van der Waals surface area contributed by atoms with Crippen molar-refractivity contribution in [3.63, 3.8) is 0 Å². The highest BCUT2D eigenvalue weighted by molar-refractivity contribution is 5.67. The molecule has 23 heavy (non-hydrogen) atoms. The van der Waals surface area contributed by atoms with Gasteiger partial charge in [-0.1, -0.05) is 36.4 Å². The summed E-state index contributed by atoms with van der Waals surface area (Å²) in [5.74, 6) is -2.05. The van der Waals surface area contributed by atoms with E-state index in [0.29, 0.717) is 0 Å². The molecule has 0 saturated heterocycles. The van der Waals surface area contributed by atoms with E-state index in [9.17, 15) is 18.7 Å². The van der Waals surface area contributed by atoms with Crippen molar-refractivity contribution in [1.82, 2.24) is 5.32 Å². The van der Waals surface area contributed by atoms with E-state index in [1.807, 2.05) is 30.3 Å². The molecular weight excluding hydrogens is 304 g/mol. The Morgan fingerprint density at radius 2 is 1.87 bits per heavy atom. The van der Waals surface area contributed by atoms with Crippen LogP contribution in [0, 0.1) is 11.6 Å². The topological polar surface area (TPSA) is 58.6 Å². The number of aliphatic hydroxyl groups is 1. The molecule has 4 nitrogen and oxygen atoms in total. The van der Waals surface area contributed by atoms with E-state index in [-0.39, 0.29) is 12.2 Å². The van der Waals surface area contributed by atoms with E-state index < -0.39 is 29.9 Å². The number of halogens is 2. The zero-order valence-corrected chi connectivity index (χ0v) is 12.5. The van der Waals surface area contributed by atoms with Crippen molar-refractivity contribution in [3.05, 3.63) is 71.3 Å². The molecule has 0 fully saturated rings. The predicted molar refractivity (Wildman–Crippen MR) is 80.5 cm³/mol. The fourth-order valence-corrected chi connectivity index (χ4v) is 2.01. The largest absolute Gasteiger partial charge is 0.445 e. The number of nitrogens with one attached hydrogen (secondary N) is 1. The lowest BCUT2D eigenvalue weighted by atomic mass is 10.0. The van der Waals surface area contributed by atoms with Crippen LogP contribution in [0.15, 0.2) is 48.5 Å². The van der Waals surface area contributed by atoms with Gasteiger partial charge < -0.3 is 15.2 Å². The molecule has 122 valence electrons. The maximum Gasteiger partial charge on any atom is 0.407 e. The third-order valence-corrected chi connectivity index (χ3v) is 3.32. The lowest BCUT2D eigenvalue weighted by Crippen LogP contribution is -2.37. The third kappa shape index (κ3) is 4.75. The molecule has 2 aromatic rings. The Bertz CT molecular complexity index is 664. The maximum absolute atomic E-state index is 13.2. The molecule has 0 saturated carbocycles. The summed E-state index contributed by atoms with van der Waals surface area (Å²) in [7, 11) is 0. The first-order valence-corrected chi connectivity index (χ1v) is 7.07. The molecule has 0 bridgehead atoms. The molecule has 2 N–H and O–H groups in total. The number of amides is 1. The minimum atomic E-state index is -1.19. The summed E-state index contributed by atoms with van der Waals surface area (Å²) in [5, 5.41) is 12.5. The second-order valence-electron chi connectivity index (χ2n) is 5.11. The summed E-state index contributed by atoms with van der Waals surface area (Å²) >= 11 is 0. The van der Waals surface area contributed by atoms with Crippen molar-refractivity contribution < 1.29 is 23.4 Å². The molecule has 2 unspecified atom stereocenters. The first-order valence-electron chi connectivity index (χ1n) is 7.07. The smallest absolute Gasteiger partial charge is 0.407 e. The van der Waals surface area contributed by atoms with Gasteiger partial charge in [0.15, 0.2) is 11.6 Å². The monoisotopic (exact) mass is 321 g/mol. The first kappa shape index (κ1) is 16.9. The van der Waals surface area contributed by atoms with E-state index >= 15 is 0 Å². The minimum absolute atomic E-state index is 0.0979. The van der Waals surface area contributed by atoms with E-state index in [2.05, 4.69) is 5.32 Å². The Hall–Kier alpha value is -2.47. The van der Waals surface area contributed by atoms with Gasteiger partial charge in [-0.2, -0.15) is 0 Å². The van der Waals surface area contributed by atoms with Gasteiger partial charge in [-0.3, -0.25) is 0 Å². The Labute approximate surface area is 132 Å². The number of hydrogen-bond acceptors (Lipinski definition) is 3. The number of aliphatic hydroxyl groups excluding tert-OH is 1. The molecular formula is C17H17F2NO3. The standard InChI is InChI=1S/C17H17F2NO3/c1-11(16(21)13-7-8-14(18)15(19)9-13)20-17(22)23-10-12-5-3-2-4-6-12/h2-9,11,16,21H,10H2,1H3,(H,20,22). The van der Waals surface area contributed by atoms with E-state index in [0.717, 1.165) is 17.7 Å². The summed E-state index contributed by atoms with van der Waals surface area (Å²) in [6.45, 7) is 1.64. The summed E-state index contributed by atoms with van der Waals surface area (Å²) < 4.78 is 31.1. The molecule has 1 amide bonds. The Morgan fingerprint density at radius 1 is 1.17 bits per heavy atom. The molecule has 2 atom stereocenters. The van der Waals surface area contributed by atoms with Crippen LogP contribution in [0.3, 0.4) is 0 Å². The third-order valence-electron chi connectivity index (χ3n) is 3.32. The van der Waals surface area contributed by atoms with Gasteiger partial charge >= 0.3 is 6.09 Å². The molecule has 0 spiro atoms. The molecule has 2 rings (SSSR count). The minimum Gasteiger partial charge on any atom is -0.445 e. The molecule has 2 aromatic carbocycles. The van der Waals surface area contributed by atoms with Gasteiger partial charge in [0.2, 0.25) is 0 Å². The molecule has 0 aliphatic heterocycles. The van der Waals surface area contributed by atoms with Crippen LogP contribution in [0.1, 0.15) is 24.2 Å². The molecule has 0 heterocycles. The number of alkyl carbamates (subject to hydrolysis) is 1. The van der Waals surface area contributed by atoms with Crippen LogP contribution >= 0.6 is 0 Å². The average Bonchev–Trinajstić information content (AvgIpc) is 2.55. The lowest BCUT2D eigenvalue weighted by Gasteiger charge is -2.20. The summed E-state index contributed by atoms with van der Waals surface area (Å²) in [5.41, 5.74) is 0.996. The van der Waals surface area contributed by atoms with Gasteiger partial charge in [0.1, 0.15) is 6.61 Å². The van der Waals surface area contributed by atoms with E-state index in [1.165, 1.54) is 13.0 Å². The fraction of sp³-hybridized carbons (Fsp3) is 0.235. The van der Waals surface area contributed by atoms with Crippen molar-refractivity contribution in [2.45, 2.75) is 25.7 Å². The average molecular weight is 321 g/mol. The first-order chi connectivity index (χ1) is 11.0. The molecule has 6 heteroatoms. The summed E-state index contributed by atoms with van der Waals surface area (Å²) in [6, 6.07) is 11.5. The SMILES string of the molecule is CC(NC(=O)OCc1ccccc1)C(O)c1ccc(F)c(F)c1. The van der Waals surface area contributed by atoms with Gasteiger partial charge in [-0.25, -0.2) is 13.6 Å². The molecule has 0 aliphatic carbocycles. The fourth-order valence-electron chi connectivity index (χ4n) is 2.01. The summed E-state index contributed by atoms with van der Waals surface area (Å²) in [4.78, 5) is 11.7. The van der Waals surface area contributed by atoms with Crippen LogP contribution in [-0.4, -0.2) is 17.2 Å². The number of hydrogen-bond donors (Lipinski definition) is 2. The number of benzene rings is 2. The normalized spacial score (nSPS) is 13.2. The van der Waals surface area contributed by atoms with Crippen molar-refractivity contribution in [3.8, 4) is 0 Å². The van der Waals surface area contributed by atoms with Gasteiger partial charge in [0.05, 0.1) is 12.1 Å². The van der Waals surface area contributed by atoms with Crippen LogP contribution < -0.4 is 5.32 Å². The van der Waals surface area contributed by atoms with Crippen molar-refractivity contribution in [2.75, 3.05) is 0 Å². The Morgan fingerprint density at radius 3 is 2.52 bits per heavy atom. The van der Waals surface area contributed by atoms with Crippen molar-refractivity contribution >= 4 is 6.09 Å². The number of carbonyl (C=O) groups is 1. The summed E-state index contributed by atoms with van der Waals surface area (Å²) in [6.07, 6.45) is -1.89. The zero-order valence-electron chi connectivity index (χ0n) is 12.5.